The van der Waals surface area contributed by atoms with Crippen molar-refractivity contribution in [3.8, 4) is 0 Å². The zero-order valence-electron chi connectivity index (χ0n) is 21.5. The number of hydrogen-bond donors (Lipinski definition) is 1. The molecule has 194 valence electrons. The van der Waals surface area contributed by atoms with E-state index in [0.29, 0.717) is 0 Å². The van der Waals surface area contributed by atoms with Gasteiger partial charge in [-0.1, -0.05) is 81.4 Å². The normalized spacial score (nSPS) is 12.9. The summed E-state index contributed by atoms with van der Waals surface area (Å²) in [4.78, 5) is 38.2. The molecule has 0 fully saturated rings. The van der Waals surface area contributed by atoms with Gasteiger partial charge < -0.3 is 19.0 Å². The molecule has 2 aromatic carbocycles. The molecule has 1 N–H and O–H groups in total. The summed E-state index contributed by atoms with van der Waals surface area (Å²) in [5.41, 5.74) is 1.45. The second-order valence-electron chi connectivity index (χ2n) is 8.61. The van der Waals surface area contributed by atoms with E-state index in [0.717, 1.165) is 29.3 Å². The Kier molecular flexibility index (Phi) is 11.6. The number of carbonyl (C=O) groups is 3. The van der Waals surface area contributed by atoms with Crippen LogP contribution < -0.4 is 0 Å². The summed E-state index contributed by atoms with van der Waals surface area (Å²) in [7, 11) is -2.35. The van der Waals surface area contributed by atoms with Crippen LogP contribution in [0.2, 0.25) is 18.1 Å². The number of esters is 2. The van der Waals surface area contributed by atoms with E-state index in [-0.39, 0.29) is 24.4 Å². The van der Waals surface area contributed by atoms with Crippen molar-refractivity contribution in [1.29, 1.82) is 0 Å². The third-order valence-corrected chi connectivity index (χ3v) is 11.0. The first kappa shape index (κ1) is 29.0. The standard InChI is InChI=1S/C28H36O7Si/c1-5-36(6-2,7-3)35-24(18-25(29)30)26(28(32)34-20-23-16-12-9-13-17-23)21(4)27(31)33-19-22-14-10-8-11-15-22/h8-17,24H,5-7,18-20H2,1-4H3,(H,29,30)/b26-21-/t24-/m1/s1. The number of carboxylic acids is 1. The van der Waals surface area contributed by atoms with Crippen molar-refractivity contribution in [3.63, 3.8) is 0 Å². The van der Waals surface area contributed by atoms with E-state index in [1.54, 1.807) is 0 Å². The number of aliphatic carboxylic acids is 1. The number of hydrogen-bond acceptors (Lipinski definition) is 6. The fourth-order valence-corrected chi connectivity index (χ4v) is 6.74. The van der Waals surface area contributed by atoms with Crippen LogP contribution >= 0.6 is 0 Å². The van der Waals surface area contributed by atoms with E-state index in [1.165, 1.54) is 6.92 Å². The van der Waals surface area contributed by atoms with E-state index in [4.69, 9.17) is 13.9 Å². The minimum absolute atomic E-state index is 0.0125. The summed E-state index contributed by atoms with van der Waals surface area (Å²) in [6, 6.07) is 20.5. The highest BCUT2D eigenvalue weighted by atomic mass is 28.4. The summed E-state index contributed by atoms with van der Waals surface area (Å²) in [6.07, 6.45) is -1.59. The lowest BCUT2D eigenvalue weighted by atomic mass is 10.0. The molecule has 0 aromatic heterocycles. The van der Waals surface area contributed by atoms with E-state index < -0.39 is 38.8 Å². The Morgan fingerprint density at radius 2 is 1.22 bits per heavy atom. The van der Waals surface area contributed by atoms with Gasteiger partial charge in [-0.3, -0.25) is 4.79 Å². The molecule has 36 heavy (non-hydrogen) atoms. The molecule has 1 atom stereocenters. The highest BCUT2D eigenvalue weighted by Crippen LogP contribution is 2.29. The molecule has 2 aromatic rings. The Labute approximate surface area is 214 Å². The van der Waals surface area contributed by atoms with Crippen molar-refractivity contribution in [3.05, 3.63) is 82.9 Å². The van der Waals surface area contributed by atoms with Gasteiger partial charge in [0, 0.05) is 5.57 Å². The zero-order chi connectivity index (χ0) is 26.6. The summed E-state index contributed by atoms with van der Waals surface area (Å²) >= 11 is 0. The maximum absolute atomic E-state index is 13.4. The van der Waals surface area contributed by atoms with Crippen LogP contribution in [0, 0.1) is 0 Å². The average molecular weight is 513 g/mol. The van der Waals surface area contributed by atoms with Crippen LogP contribution in [0.1, 0.15) is 45.2 Å². The number of carboxylic acid groups (broad SMARTS) is 1. The Morgan fingerprint density at radius 1 is 0.778 bits per heavy atom. The lowest BCUT2D eigenvalue weighted by Gasteiger charge is -2.33. The van der Waals surface area contributed by atoms with Gasteiger partial charge in [0.1, 0.15) is 13.2 Å². The molecule has 0 aliphatic rings. The molecule has 0 unspecified atom stereocenters. The van der Waals surface area contributed by atoms with Crippen molar-refractivity contribution in [2.45, 2.75) is 71.6 Å². The molecule has 8 heteroatoms. The number of benzene rings is 2. The fraction of sp³-hybridized carbons (Fsp3) is 0.393. The summed E-state index contributed by atoms with van der Waals surface area (Å²) in [6.45, 7) is 7.48. The molecule has 0 spiro atoms. The lowest BCUT2D eigenvalue weighted by molar-refractivity contribution is -0.145. The summed E-state index contributed by atoms with van der Waals surface area (Å²) in [5, 5.41) is 9.65. The minimum atomic E-state index is -2.35. The second-order valence-corrected chi connectivity index (χ2v) is 13.3. The molecular weight excluding hydrogens is 476 g/mol. The molecule has 0 heterocycles. The molecule has 7 nitrogen and oxygen atoms in total. The molecule has 2 rings (SSSR count). The van der Waals surface area contributed by atoms with Crippen molar-refractivity contribution in [2.24, 2.45) is 0 Å². The van der Waals surface area contributed by atoms with Gasteiger partial charge in [0.05, 0.1) is 18.1 Å². The van der Waals surface area contributed by atoms with E-state index >= 15 is 0 Å². The third-order valence-electron chi connectivity index (χ3n) is 6.36. The number of rotatable bonds is 14. The first-order valence-electron chi connectivity index (χ1n) is 12.3. The molecule has 0 bridgehead atoms. The predicted molar refractivity (Wildman–Crippen MR) is 139 cm³/mol. The Bertz CT molecular complexity index is 1020. The van der Waals surface area contributed by atoms with Crippen LogP contribution in [-0.4, -0.2) is 37.4 Å². The van der Waals surface area contributed by atoms with Crippen LogP contribution in [0.15, 0.2) is 71.8 Å². The molecule has 0 saturated heterocycles. The van der Waals surface area contributed by atoms with Crippen LogP contribution in [0.3, 0.4) is 0 Å². The first-order valence-corrected chi connectivity index (χ1v) is 14.8. The minimum Gasteiger partial charge on any atom is -0.481 e. The summed E-state index contributed by atoms with van der Waals surface area (Å²) in [5.74, 6) is -2.64. The van der Waals surface area contributed by atoms with Gasteiger partial charge in [-0.25, -0.2) is 9.59 Å². The quantitative estimate of drug-likeness (QED) is 0.198. The molecule has 0 saturated carbocycles. The lowest BCUT2D eigenvalue weighted by Crippen LogP contribution is -2.43. The van der Waals surface area contributed by atoms with E-state index in [2.05, 4.69) is 0 Å². The van der Waals surface area contributed by atoms with E-state index in [1.807, 2.05) is 81.4 Å². The maximum Gasteiger partial charge on any atom is 0.337 e. The van der Waals surface area contributed by atoms with Crippen LogP contribution in [0.4, 0.5) is 0 Å². The van der Waals surface area contributed by atoms with Crippen LogP contribution in [-0.2, 0) is 41.5 Å². The third kappa shape index (κ3) is 8.46. The maximum atomic E-state index is 13.4. The smallest absolute Gasteiger partial charge is 0.337 e. The zero-order valence-corrected chi connectivity index (χ0v) is 22.5. The van der Waals surface area contributed by atoms with Crippen molar-refractivity contribution < 1.29 is 33.4 Å². The molecular formula is C28H36O7Si. The Hall–Kier alpha value is -3.23. The monoisotopic (exact) mass is 512 g/mol. The van der Waals surface area contributed by atoms with Crippen LogP contribution in [0.5, 0.6) is 0 Å². The van der Waals surface area contributed by atoms with Gasteiger partial charge in [0.25, 0.3) is 0 Å². The van der Waals surface area contributed by atoms with Crippen molar-refractivity contribution in [1.82, 2.24) is 0 Å². The fourth-order valence-electron chi connectivity index (χ4n) is 3.93. The van der Waals surface area contributed by atoms with Gasteiger partial charge in [-0.15, -0.1) is 0 Å². The van der Waals surface area contributed by atoms with Gasteiger partial charge in [-0.05, 0) is 36.2 Å². The topological polar surface area (TPSA) is 99.1 Å². The molecule has 0 aliphatic heterocycles. The van der Waals surface area contributed by atoms with Crippen molar-refractivity contribution in [2.75, 3.05) is 0 Å². The second kappa shape index (κ2) is 14.4. The van der Waals surface area contributed by atoms with Crippen LogP contribution in [0.25, 0.3) is 0 Å². The Balaban J connectivity index is 2.42. The number of ether oxygens (including phenoxy) is 2. The van der Waals surface area contributed by atoms with Gasteiger partial charge in [-0.2, -0.15) is 0 Å². The predicted octanol–water partition coefficient (Wildman–Crippen LogP) is 5.65. The Morgan fingerprint density at radius 3 is 1.64 bits per heavy atom. The van der Waals surface area contributed by atoms with Crippen molar-refractivity contribution >= 4 is 26.2 Å². The summed E-state index contributed by atoms with van der Waals surface area (Å²) < 4.78 is 17.4. The average Bonchev–Trinajstić information content (AvgIpc) is 2.90. The SMILES string of the molecule is CC[Si](CC)(CC)O[C@H](CC(=O)O)/C(C(=O)OCc1ccccc1)=C(\C)C(=O)OCc1ccccc1. The van der Waals surface area contributed by atoms with Gasteiger partial charge >= 0.3 is 17.9 Å². The molecule has 0 aliphatic carbocycles. The van der Waals surface area contributed by atoms with Gasteiger partial charge in [0.2, 0.25) is 0 Å². The van der Waals surface area contributed by atoms with E-state index in [9.17, 15) is 19.5 Å². The number of carbonyl (C=O) groups excluding carboxylic acids is 2. The highest BCUT2D eigenvalue weighted by molar-refractivity contribution is 6.73. The first-order chi connectivity index (χ1) is 17.2. The highest BCUT2D eigenvalue weighted by Gasteiger charge is 2.38. The van der Waals surface area contributed by atoms with Gasteiger partial charge in [0.15, 0.2) is 8.32 Å². The largest absolute Gasteiger partial charge is 0.481 e. The molecule has 0 amide bonds. The molecule has 0 radical (unpaired) electrons.